The first-order valence-corrected chi connectivity index (χ1v) is 5.42. The highest BCUT2D eigenvalue weighted by Crippen LogP contribution is 2.14. The van der Waals surface area contributed by atoms with Crippen LogP contribution in [0.1, 0.15) is 12.8 Å². The number of nitrogens with one attached hydrogen (secondary N) is 1. The van der Waals surface area contributed by atoms with Gasteiger partial charge in [0.15, 0.2) is 0 Å². The van der Waals surface area contributed by atoms with Crippen LogP contribution in [0, 0.1) is 5.92 Å². The van der Waals surface area contributed by atoms with Gasteiger partial charge >= 0.3 is 0 Å². The second kappa shape index (κ2) is 4.75. The third-order valence-corrected chi connectivity index (χ3v) is 2.91. The number of hydrogen-bond acceptors (Lipinski definition) is 3. The molecule has 1 amide bonds. The van der Waals surface area contributed by atoms with Crippen molar-refractivity contribution in [2.24, 2.45) is 5.92 Å². The van der Waals surface area contributed by atoms with Gasteiger partial charge in [-0.1, -0.05) is 0 Å². The van der Waals surface area contributed by atoms with E-state index in [1.54, 1.807) is 0 Å². The summed E-state index contributed by atoms with van der Waals surface area (Å²) in [4.78, 5) is 13.6. The van der Waals surface area contributed by atoms with Crippen molar-refractivity contribution in [2.75, 3.05) is 39.4 Å². The van der Waals surface area contributed by atoms with E-state index in [0.717, 1.165) is 45.7 Å². The summed E-state index contributed by atoms with van der Waals surface area (Å²) in [5.41, 5.74) is 0. The van der Waals surface area contributed by atoms with Gasteiger partial charge in [-0.2, -0.15) is 0 Å². The Morgan fingerprint density at radius 1 is 1.57 bits per heavy atom. The van der Waals surface area contributed by atoms with E-state index in [4.69, 9.17) is 4.74 Å². The van der Waals surface area contributed by atoms with Crippen molar-refractivity contribution in [3.05, 3.63) is 0 Å². The zero-order valence-corrected chi connectivity index (χ0v) is 8.50. The van der Waals surface area contributed by atoms with E-state index < -0.39 is 0 Å². The van der Waals surface area contributed by atoms with Crippen LogP contribution < -0.4 is 5.32 Å². The van der Waals surface area contributed by atoms with Gasteiger partial charge in [0, 0.05) is 25.6 Å². The molecule has 14 heavy (non-hydrogen) atoms. The van der Waals surface area contributed by atoms with Gasteiger partial charge in [-0.25, -0.2) is 0 Å². The molecule has 0 saturated carbocycles. The molecule has 4 nitrogen and oxygen atoms in total. The summed E-state index contributed by atoms with van der Waals surface area (Å²) >= 11 is 0. The van der Waals surface area contributed by atoms with Gasteiger partial charge in [0.1, 0.15) is 0 Å². The number of carbonyl (C=O) groups is 1. The fourth-order valence-corrected chi connectivity index (χ4v) is 2.06. The van der Waals surface area contributed by atoms with Gasteiger partial charge in [0.2, 0.25) is 5.91 Å². The molecule has 0 aromatic heterocycles. The standard InChI is InChI=1S/C10H18N2O2/c13-10-6-11-3-1-4-12(10)7-9-2-5-14-8-9/h9,11H,1-8H2. The van der Waals surface area contributed by atoms with Crippen molar-refractivity contribution in [3.8, 4) is 0 Å². The number of ether oxygens (including phenoxy) is 1. The monoisotopic (exact) mass is 198 g/mol. The van der Waals surface area contributed by atoms with E-state index in [-0.39, 0.29) is 5.91 Å². The van der Waals surface area contributed by atoms with Crippen molar-refractivity contribution in [3.63, 3.8) is 0 Å². The summed E-state index contributed by atoms with van der Waals surface area (Å²) in [6.07, 6.45) is 2.18. The highest BCUT2D eigenvalue weighted by Gasteiger charge is 2.22. The van der Waals surface area contributed by atoms with Gasteiger partial charge in [-0.15, -0.1) is 0 Å². The fraction of sp³-hybridized carbons (Fsp3) is 0.900. The Hall–Kier alpha value is -0.610. The molecule has 0 spiro atoms. The zero-order valence-electron chi connectivity index (χ0n) is 8.50. The van der Waals surface area contributed by atoms with Crippen LogP contribution in [-0.4, -0.2) is 50.2 Å². The van der Waals surface area contributed by atoms with Crippen molar-refractivity contribution in [1.29, 1.82) is 0 Å². The molecule has 0 radical (unpaired) electrons. The van der Waals surface area contributed by atoms with Gasteiger partial charge in [0.05, 0.1) is 13.2 Å². The first-order valence-electron chi connectivity index (χ1n) is 5.42. The zero-order chi connectivity index (χ0) is 9.80. The predicted octanol–water partition coefficient (Wildman–Crippen LogP) is -0.155. The van der Waals surface area contributed by atoms with Crippen LogP contribution in [-0.2, 0) is 9.53 Å². The molecule has 4 heteroatoms. The smallest absolute Gasteiger partial charge is 0.236 e. The second-order valence-corrected chi connectivity index (χ2v) is 4.10. The molecule has 0 aromatic rings. The number of carbonyl (C=O) groups excluding carboxylic acids is 1. The van der Waals surface area contributed by atoms with Crippen LogP contribution in [0.5, 0.6) is 0 Å². The summed E-state index contributed by atoms with van der Waals surface area (Å²) in [6, 6.07) is 0. The van der Waals surface area contributed by atoms with Gasteiger partial charge in [-0.3, -0.25) is 4.79 Å². The average Bonchev–Trinajstić information content (AvgIpc) is 2.60. The number of nitrogens with zero attached hydrogens (tertiary/aromatic N) is 1. The Labute approximate surface area is 84.6 Å². The Kier molecular flexibility index (Phi) is 3.37. The molecule has 1 unspecified atom stereocenters. The van der Waals surface area contributed by atoms with Crippen LogP contribution in [0.4, 0.5) is 0 Å². The first-order chi connectivity index (χ1) is 6.86. The molecular formula is C10H18N2O2. The average molecular weight is 198 g/mol. The Morgan fingerprint density at radius 3 is 3.29 bits per heavy atom. The van der Waals surface area contributed by atoms with E-state index in [9.17, 15) is 4.79 Å². The van der Waals surface area contributed by atoms with Crippen LogP contribution in [0.15, 0.2) is 0 Å². The Balaban J connectivity index is 1.84. The topological polar surface area (TPSA) is 41.6 Å². The number of hydrogen-bond donors (Lipinski definition) is 1. The lowest BCUT2D eigenvalue weighted by atomic mass is 10.1. The van der Waals surface area contributed by atoms with E-state index in [1.807, 2.05) is 4.90 Å². The lowest BCUT2D eigenvalue weighted by Crippen LogP contribution is -2.38. The molecule has 2 aliphatic rings. The molecule has 2 fully saturated rings. The maximum Gasteiger partial charge on any atom is 0.236 e. The molecule has 0 aromatic carbocycles. The van der Waals surface area contributed by atoms with Crippen molar-refractivity contribution in [2.45, 2.75) is 12.8 Å². The number of amides is 1. The molecule has 2 heterocycles. The van der Waals surface area contributed by atoms with Crippen molar-refractivity contribution < 1.29 is 9.53 Å². The van der Waals surface area contributed by atoms with Gasteiger partial charge < -0.3 is 15.0 Å². The molecular weight excluding hydrogens is 180 g/mol. The molecule has 2 rings (SSSR count). The predicted molar refractivity (Wildman–Crippen MR) is 53.0 cm³/mol. The first kappa shape index (κ1) is 9.93. The SMILES string of the molecule is O=C1CNCCCN1CC1CCOC1. The summed E-state index contributed by atoms with van der Waals surface area (Å²) in [7, 11) is 0. The summed E-state index contributed by atoms with van der Waals surface area (Å²) in [5.74, 6) is 0.812. The summed E-state index contributed by atoms with van der Waals surface area (Å²) in [6.45, 7) is 4.96. The minimum absolute atomic E-state index is 0.245. The highest BCUT2D eigenvalue weighted by molar-refractivity contribution is 5.78. The Bertz CT molecular complexity index is 202. The molecule has 0 bridgehead atoms. The molecule has 0 aliphatic carbocycles. The van der Waals surface area contributed by atoms with E-state index >= 15 is 0 Å². The molecule has 1 atom stereocenters. The summed E-state index contributed by atoms with van der Waals surface area (Å²) < 4.78 is 5.31. The normalized spacial score (nSPS) is 29.3. The minimum Gasteiger partial charge on any atom is -0.381 e. The molecule has 1 N–H and O–H groups in total. The van der Waals surface area contributed by atoms with E-state index in [0.29, 0.717) is 12.5 Å². The molecule has 2 saturated heterocycles. The maximum absolute atomic E-state index is 11.6. The van der Waals surface area contributed by atoms with Crippen molar-refractivity contribution >= 4 is 5.91 Å². The maximum atomic E-state index is 11.6. The number of rotatable bonds is 2. The summed E-state index contributed by atoms with van der Waals surface area (Å²) in [5, 5.41) is 3.13. The lowest BCUT2D eigenvalue weighted by Gasteiger charge is -2.22. The molecule has 80 valence electrons. The van der Waals surface area contributed by atoms with Crippen LogP contribution in [0.25, 0.3) is 0 Å². The van der Waals surface area contributed by atoms with Crippen LogP contribution in [0.2, 0.25) is 0 Å². The fourth-order valence-electron chi connectivity index (χ4n) is 2.06. The Morgan fingerprint density at radius 2 is 2.50 bits per heavy atom. The van der Waals surface area contributed by atoms with Gasteiger partial charge in [-0.05, 0) is 19.4 Å². The van der Waals surface area contributed by atoms with Crippen LogP contribution >= 0.6 is 0 Å². The largest absolute Gasteiger partial charge is 0.381 e. The highest BCUT2D eigenvalue weighted by atomic mass is 16.5. The lowest BCUT2D eigenvalue weighted by molar-refractivity contribution is -0.130. The minimum atomic E-state index is 0.245. The van der Waals surface area contributed by atoms with Gasteiger partial charge in [0.25, 0.3) is 0 Å². The third kappa shape index (κ3) is 2.45. The van der Waals surface area contributed by atoms with E-state index in [2.05, 4.69) is 5.32 Å². The quantitative estimate of drug-likeness (QED) is 0.670. The molecule has 2 aliphatic heterocycles. The second-order valence-electron chi connectivity index (χ2n) is 4.10. The third-order valence-electron chi connectivity index (χ3n) is 2.91. The van der Waals surface area contributed by atoms with Crippen molar-refractivity contribution in [1.82, 2.24) is 10.2 Å². The van der Waals surface area contributed by atoms with Crippen LogP contribution in [0.3, 0.4) is 0 Å². The van der Waals surface area contributed by atoms with E-state index in [1.165, 1.54) is 0 Å².